The SMILES string of the molecule is COC(=O)C(CCN1CCN2CCCCC2C1)NC1CC1. The molecule has 2 atom stereocenters. The zero-order valence-corrected chi connectivity index (χ0v) is 13.2. The maximum atomic E-state index is 11.9. The fraction of sp³-hybridized carbons (Fsp3) is 0.938. The highest BCUT2D eigenvalue weighted by Crippen LogP contribution is 2.22. The van der Waals surface area contributed by atoms with Gasteiger partial charge in [0.25, 0.3) is 0 Å². The summed E-state index contributed by atoms with van der Waals surface area (Å²) in [7, 11) is 1.49. The van der Waals surface area contributed by atoms with Crippen LogP contribution in [0.3, 0.4) is 0 Å². The second kappa shape index (κ2) is 7.07. The van der Waals surface area contributed by atoms with Crippen LogP contribution in [0.15, 0.2) is 0 Å². The van der Waals surface area contributed by atoms with Crippen LogP contribution >= 0.6 is 0 Å². The van der Waals surface area contributed by atoms with Crippen LogP contribution in [0.1, 0.15) is 38.5 Å². The van der Waals surface area contributed by atoms with Crippen molar-refractivity contribution in [1.29, 1.82) is 0 Å². The van der Waals surface area contributed by atoms with Crippen LogP contribution in [-0.2, 0) is 9.53 Å². The Balaban J connectivity index is 1.45. The standard InChI is InChI=1S/C16H29N3O2/c1-21-16(20)15(17-13-5-6-13)7-9-18-10-11-19-8-3-2-4-14(19)12-18/h13-15,17H,2-12H2,1H3. The maximum Gasteiger partial charge on any atom is 0.322 e. The van der Waals surface area contributed by atoms with Crippen LogP contribution < -0.4 is 5.32 Å². The van der Waals surface area contributed by atoms with E-state index in [2.05, 4.69) is 15.1 Å². The molecule has 2 unspecified atom stereocenters. The lowest BCUT2D eigenvalue weighted by molar-refractivity contribution is -0.143. The van der Waals surface area contributed by atoms with Crippen molar-refractivity contribution in [3.63, 3.8) is 0 Å². The molecule has 21 heavy (non-hydrogen) atoms. The number of hydrogen-bond donors (Lipinski definition) is 1. The van der Waals surface area contributed by atoms with E-state index in [1.54, 1.807) is 0 Å². The minimum Gasteiger partial charge on any atom is -0.468 e. The summed E-state index contributed by atoms with van der Waals surface area (Å²) in [5.41, 5.74) is 0. The van der Waals surface area contributed by atoms with E-state index in [0.717, 1.165) is 25.6 Å². The van der Waals surface area contributed by atoms with E-state index >= 15 is 0 Å². The normalized spacial score (nSPS) is 28.9. The Morgan fingerprint density at radius 1 is 1.24 bits per heavy atom. The van der Waals surface area contributed by atoms with Crippen LogP contribution in [0, 0.1) is 0 Å². The van der Waals surface area contributed by atoms with E-state index in [-0.39, 0.29) is 12.0 Å². The smallest absolute Gasteiger partial charge is 0.322 e. The van der Waals surface area contributed by atoms with Crippen molar-refractivity contribution in [3.8, 4) is 0 Å². The minimum absolute atomic E-state index is 0.0989. The van der Waals surface area contributed by atoms with E-state index in [1.807, 2.05) is 0 Å². The second-order valence-corrected chi connectivity index (χ2v) is 6.79. The van der Waals surface area contributed by atoms with Gasteiger partial charge in [-0.05, 0) is 38.6 Å². The van der Waals surface area contributed by atoms with Crippen molar-refractivity contribution in [1.82, 2.24) is 15.1 Å². The molecule has 3 rings (SSSR count). The molecule has 0 aromatic heterocycles. The van der Waals surface area contributed by atoms with Gasteiger partial charge < -0.3 is 15.0 Å². The van der Waals surface area contributed by atoms with Gasteiger partial charge in [0, 0.05) is 38.3 Å². The fourth-order valence-electron chi connectivity index (χ4n) is 3.68. The van der Waals surface area contributed by atoms with E-state index < -0.39 is 0 Å². The molecule has 3 aliphatic rings. The van der Waals surface area contributed by atoms with E-state index in [0.29, 0.717) is 6.04 Å². The summed E-state index contributed by atoms with van der Waals surface area (Å²) in [5.74, 6) is -0.0989. The van der Waals surface area contributed by atoms with Gasteiger partial charge in [0.1, 0.15) is 6.04 Å². The topological polar surface area (TPSA) is 44.8 Å². The van der Waals surface area contributed by atoms with Crippen LogP contribution in [0.25, 0.3) is 0 Å². The number of carbonyl (C=O) groups is 1. The molecule has 2 heterocycles. The Kier molecular flexibility index (Phi) is 5.14. The molecule has 1 N–H and O–H groups in total. The number of nitrogens with zero attached hydrogens (tertiary/aromatic N) is 2. The molecule has 1 aliphatic carbocycles. The van der Waals surface area contributed by atoms with Crippen LogP contribution in [0.5, 0.6) is 0 Å². The van der Waals surface area contributed by atoms with Gasteiger partial charge in [-0.15, -0.1) is 0 Å². The molecular formula is C16H29N3O2. The number of piperidine rings is 1. The number of ether oxygens (including phenoxy) is 1. The van der Waals surface area contributed by atoms with Crippen molar-refractivity contribution >= 4 is 5.97 Å². The molecule has 0 amide bonds. The molecular weight excluding hydrogens is 266 g/mol. The molecule has 5 heteroatoms. The van der Waals surface area contributed by atoms with Gasteiger partial charge in [0.15, 0.2) is 0 Å². The summed E-state index contributed by atoms with van der Waals surface area (Å²) in [6, 6.07) is 1.18. The first-order valence-corrected chi connectivity index (χ1v) is 8.56. The highest BCUT2D eigenvalue weighted by Gasteiger charge is 2.31. The lowest BCUT2D eigenvalue weighted by Gasteiger charge is -2.44. The number of rotatable bonds is 6. The number of carbonyl (C=O) groups excluding carboxylic acids is 1. The fourth-order valence-corrected chi connectivity index (χ4v) is 3.68. The molecule has 0 radical (unpaired) electrons. The highest BCUT2D eigenvalue weighted by atomic mass is 16.5. The monoisotopic (exact) mass is 295 g/mol. The largest absolute Gasteiger partial charge is 0.468 e. The van der Waals surface area contributed by atoms with Gasteiger partial charge in [0.05, 0.1) is 7.11 Å². The zero-order chi connectivity index (χ0) is 14.7. The number of piperazine rings is 1. The van der Waals surface area contributed by atoms with Gasteiger partial charge >= 0.3 is 5.97 Å². The summed E-state index contributed by atoms with van der Waals surface area (Å²) >= 11 is 0. The number of esters is 1. The first-order chi connectivity index (χ1) is 10.3. The second-order valence-electron chi connectivity index (χ2n) is 6.79. The van der Waals surface area contributed by atoms with Gasteiger partial charge in [0.2, 0.25) is 0 Å². The third-order valence-electron chi connectivity index (χ3n) is 5.16. The highest BCUT2D eigenvalue weighted by molar-refractivity contribution is 5.75. The summed E-state index contributed by atoms with van der Waals surface area (Å²) in [6.07, 6.45) is 7.37. The third kappa shape index (κ3) is 4.18. The average Bonchev–Trinajstić information content (AvgIpc) is 3.34. The van der Waals surface area contributed by atoms with Gasteiger partial charge in [-0.25, -0.2) is 0 Å². The van der Waals surface area contributed by atoms with Crippen LogP contribution in [-0.4, -0.2) is 73.7 Å². The molecule has 0 aromatic carbocycles. The van der Waals surface area contributed by atoms with Crippen LogP contribution in [0.2, 0.25) is 0 Å². The predicted molar refractivity (Wildman–Crippen MR) is 82.2 cm³/mol. The molecule has 2 aliphatic heterocycles. The minimum atomic E-state index is -0.119. The van der Waals surface area contributed by atoms with Gasteiger partial charge in [-0.1, -0.05) is 6.42 Å². The molecule has 0 aromatic rings. The van der Waals surface area contributed by atoms with Crippen LogP contribution in [0.4, 0.5) is 0 Å². The number of nitrogens with one attached hydrogen (secondary N) is 1. The van der Waals surface area contributed by atoms with Crippen molar-refractivity contribution in [2.24, 2.45) is 0 Å². The summed E-state index contributed by atoms with van der Waals surface area (Å²) in [5, 5.41) is 3.43. The Bertz CT molecular complexity index is 359. The molecule has 120 valence electrons. The summed E-state index contributed by atoms with van der Waals surface area (Å²) in [6.45, 7) is 5.81. The van der Waals surface area contributed by atoms with Gasteiger partial charge in [-0.2, -0.15) is 0 Å². The van der Waals surface area contributed by atoms with Gasteiger partial charge in [-0.3, -0.25) is 9.69 Å². The predicted octanol–water partition coefficient (Wildman–Crippen LogP) is 0.840. The molecule has 2 saturated heterocycles. The van der Waals surface area contributed by atoms with Crippen molar-refractivity contribution < 1.29 is 9.53 Å². The Hall–Kier alpha value is -0.650. The Morgan fingerprint density at radius 2 is 2.10 bits per heavy atom. The molecule has 1 saturated carbocycles. The van der Waals surface area contributed by atoms with E-state index in [1.165, 1.54) is 58.8 Å². The molecule has 0 spiro atoms. The molecule has 5 nitrogen and oxygen atoms in total. The zero-order valence-electron chi connectivity index (χ0n) is 13.2. The molecule has 0 bridgehead atoms. The van der Waals surface area contributed by atoms with Crippen molar-refractivity contribution in [2.75, 3.05) is 39.8 Å². The Morgan fingerprint density at radius 3 is 2.86 bits per heavy atom. The third-order valence-corrected chi connectivity index (χ3v) is 5.16. The number of hydrogen-bond acceptors (Lipinski definition) is 5. The Labute approximate surface area is 128 Å². The summed E-state index contributed by atoms with van der Waals surface area (Å²) in [4.78, 5) is 17.1. The lowest BCUT2D eigenvalue weighted by Crippen LogP contribution is -2.55. The summed E-state index contributed by atoms with van der Waals surface area (Å²) < 4.78 is 4.94. The molecule has 3 fully saturated rings. The van der Waals surface area contributed by atoms with Crippen molar-refractivity contribution in [2.45, 2.75) is 56.7 Å². The number of methoxy groups -OCH3 is 1. The average molecular weight is 295 g/mol. The quantitative estimate of drug-likeness (QED) is 0.736. The first-order valence-electron chi connectivity index (χ1n) is 8.56. The van der Waals surface area contributed by atoms with Crippen molar-refractivity contribution in [3.05, 3.63) is 0 Å². The first kappa shape index (κ1) is 15.3. The maximum absolute atomic E-state index is 11.9. The van der Waals surface area contributed by atoms with E-state index in [4.69, 9.17) is 4.74 Å². The van der Waals surface area contributed by atoms with E-state index in [9.17, 15) is 4.79 Å². The number of fused-ring (bicyclic) bond motifs is 1. The lowest BCUT2D eigenvalue weighted by atomic mass is 9.99.